The van der Waals surface area contributed by atoms with Crippen molar-refractivity contribution in [1.82, 2.24) is 10.2 Å². The molecule has 1 saturated carbocycles. The molecule has 1 fully saturated rings. The lowest BCUT2D eigenvalue weighted by Crippen LogP contribution is -2.47. The summed E-state index contributed by atoms with van der Waals surface area (Å²) in [5, 5.41) is 11.6. The number of nitrogens with zero attached hydrogens (tertiary/aromatic N) is 1. The van der Waals surface area contributed by atoms with E-state index >= 15 is 0 Å². The van der Waals surface area contributed by atoms with E-state index in [2.05, 4.69) is 5.32 Å². The summed E-state index contributed by atoms with van der Waals surface area (Å²) < 4.78 is 0. The van der Waals surface area contributed by atoms with Crippen LogP contribution in [0.5, 0.6) is 0 Å². The van der Waals surface area contributed by atoms with E-state index in [9.17, 15) is 9.59 Å². The highest BCUT2D eigenvalue weighted by Crippen LogP contribution is 2.22. The largest absolute Gasteiger partial charge is 0.481 e. The maximum absolute atomic E-state index is 12.0. The molecule has 1 atom stereocenters. The number of carboxylic acids is 1. The highest BCUT2D eigenvalue weighted by molar-refractivity contribution is 5.76. The molecular weight excluding hydrogens is 232 g/mol. The lowest BCUT2D eigenvalue weighted by Gasteiger charge is -2.27. The van der Waals surface area contributed by atoms with E-state index in [1.807, 2.05) is 6.92 Å². The van der Waals surface area contributed by atoms with Gasteiger partial charge in [-0.2, -0.15) is 0 Å². The van der Waals surface area contributed by atoms with E-state index in [1.54, 1.807) is 11.9 Å². The fraction of sp³-hybridized carbons (Fsp3) is 0.846. The summed E-state index contributed by atoms with van der Waals surface area (Å²) in [5.74, 6) is -0.864. The zero-order valence-corrected chi connectivity index (χ0v) is 11.3. The predicted molar refractivity (Wildman–Crippen MR) is 69.5 cm³/mol. The fourth-order valence-electron chi connectivity index (χ4n) is 2.52. The van der Waals surface area contributed by atoms with Crippen LogP contribution in [-0.2, 0) is 4.79 Å². The van der Waals surface area contributed by atoms with Crippen LogP contribution in [0.4, 0.5) is 4.79 Å². The van der Waals surface area contributed by atoms with Crippen molar-refractivity contribution >= 4 is 12.0 Å². The van der Waals surface area contributed by atoms with E-state index in [0.717, 1.165) is 19.3 Å². The van der Waals surface area contributed by atoms with Crippen LogP contribution in [0.25, 0.3) is 0 Å². The Balaban J connectivity index is 2.45. The van der Waals surface area contributed by atoms with Crippen molar-refractivity contribution in [2.45, 2.75) is 64.0 Å². The second-order valence-corrected chi connectivity index (χ2v) is 5.08. The molecule has 0 radical (unpaired) electrons. The molecule has 5 heteroatoms. The quantitative estimate of drug-likeness (QED) is 0.765. The van der Waals surface area contributed by atoms with Gasteiger partial charge in [-0.25, -0.2) is 4.79 Å². The molecule has 0 bridgehead atoms. The highest BCUT2D eigenvalue weighted by Gasteiger charge is 2.25. The van der Waals surface area contributed by atoms with Gasteiger partial charge in [-0.15, -0.1) is 0 Å². The number of carbonyl (C=O) groups excluding carboxylic acids is 1. The summed E-state index contributed by atoms with van der Waals surface area (Å²) in [6, 6.07) is -0.0810. The second-order valence-electron chi connectivity index (χ2n) is 5.08. The molecule has 0 saturated heterocycles. The average Bonchev–Trinajstić information content (AvgIpc) is 2.80. The maximum Gasteiger partial charge on any atom is 0.317 e. The van der Waals surface area contributed by atoms with Crippen LogP contribution in [0.15, 0.2) is 0 Å². The van der Waals surface area contributed by atoms with Gasteiger partial charge in [0.1, 0.15) is 0 Å². The summed E-state index contributed by atoms with van der Waals surface area (Å²) in [7, 11) is 1.80. The molecule has 0 aromatic heterocycles. The Bertz CT molecular complexity index is 288. The zero-order chi connectivity index (χ0) is 13.5. The molecule has 0 aromatic rings. The van der Waals surface area contributed by atoms with E-state index in [-0.39, 0.29) is 18.5 Å². The Morgan fingerprint density at radius 1 is 1.39 bits per heavy atom. The van der Waals surface area contributed by atoms with Gasteiger partial charge in [0, 0.05) is 19.1 Å². The summed E-state index contributed by atoms with van der Waals surface area (Å²) >= 11 is 0. The van der Waals surface area contributed by atoms with E-state index in [1.165, 1.54) is 12.8 Å². The summed E-state index contributed by atoms with van der Waals surface area (Å²) in [5.41, 5.74) is 0. The third kappa shape index (κ3) is 4.55. The van der Waals surface area contributed by atoms with Crippen LogP contribution in [0.3, 0.4) is 0 Å². The van der Waals surface area contributed by atoms with Crippen LogP contribution >= 0.6 is 0 Å². The number of carboxylic acid groups (broad SMARTS) is 1. The van der Waals surface area contributed by atoms with E-state index in [4.69, 9.17) is 5.11 Å². The number of rotatable bonds is 6. The predicted octanol–water partition coefficient (Wildman–Crippen LogP) is 2.21. The smallest absolute Gasteiger partial charge is 0.317 e. The first kappa shape index (κ1) is 14.8. The molecule has 1 aliphatic carbocycles. The molecule has 2 amide bonds. The SMILES string of the molecule is CCCC(CC(=O)O)NC(=O)N(C)C1CCCC1. The molecule has 0 aromatic carbocycles. The normalized spacial score (nSPS) is 17.4. The molecule has 104 valence electrons. The van der Waals surface area contributed by atoms with Gasteiger partial charge in [-0.1, -0.05) is 26.2 Å². The van der Waals surface area contributed by atoms with Gasteiger partial charge in [0.2, 0.25) is 0 Å². The fourth-order valence-corrected chi connectivity index (χ4v) is 2.52. The Morgan fingerprint density at radius 2 is 2.00 bits per heavy atom. The molecule has 0 heterocycles. The Kier molecular flexibility index (Phi) is 5.95. The molecule has 0 aliphatic heterocycles. The van der Waals surface area contributed by atoms with Gasteiger partial charge in [0.25, 0.3) is 0 Å². The summed E-state index contributed by atoms with van der Waals surface area (Å²) in [6.07, 6.45) is 6.04. The number of aliphatic carboxylic acids is 1. The van der Waals surface area contributed by atoms with Crippen molar-refractivity contribution in [2.75, 3.05) is 7.05 Å². The van der Waals surface area contributed by atoms with Crippen molar-refractivity contribution in [3.63, 3.8) is 0 Å². The average molecular weight is 256 g/mol. The summed E-state index contributed by atoms with van der Waals surface area (Å²) in [6.45, 7) is 1.99. The number of hydrogen-bond acceptors (Lipinski definition) is 2. The van der Waals surface area contributed by atoms with Gasteiger partial charge in [0.15, 0.2) is 0 Å². The number of hydrogen-bond donors (Lipinski definition) is 2. The van der Waals surface area contributed by atoms with Crippen LogP contribution in [0.1, 0.15) is 51.9 Å². The highest BCUT2D eigenvalue weighted by atomic mass is 16.4. The molecule has 5 nitrogen and oxygen atoms in total. The first-order valence-corrected chi connectivity index (χ1v) is 6.79. The van der Waals surface area contributed by atoms with Gasteiger partial charge in [-0.3, -0.25) is 4.79 Å². The zero-order valence-electron chi connectivity index (χ0n) is 11.3. The Morgan fingerprint density at radius 3 is 2.50 bits per heavy atom. The van der Waals surface area contributed by atoms with E-state index < -0.39 is 5.97 Å². The van der Waals surface area contributed by atoms with Crippen molar-refractivity contribution in [3.05, 3.63) is 0 Å². The topological polar surface area (TPSA) is 69.6 Å². The first-order valence-electron chi connectivity index (χ1n) is 6.79. The summed E-state index contributed by atoms with van der Waals surface area (Å²) in [4.78, 5) is 24.5. The third-order valence-corrected chi connectivity index (χ3v) is 3.58. The van der Waals surface area contributed by atoms with Crippen LogP contribution < -0.4 is 5.32 Å². The molecule has 2 N–H and O–H groups in total. The second kappa shape index (κ2) is 7.24. The van der Waals surface area contributed by atoms with Crippen molar-refractivity contribution in [3.8, 4) is 0 Å². The van der Waals surface area contributed by atoms with Crippen LogP contribution in [0.2, 0.25) is 0 Å². The van der Waals surface area contributed by atoms with Gasteiger partial charge in [0.05, 0.1) is 6.42 Å². The molecule has 1 unspecified atom stereocenters. The number of urea groups is 1. The lowest BCUT2D eigenvalue weighted by atomic mass is 10.1. The molecule has 0 spiro atoms. The van der Waals surface area contributed by atoms with Crippen molar-refractivity contribution in [1.29, 1.82) is 0 Å². The van der Waals surface area contributed by atoms with Gasteiger partial charge in [-0.05, 0) is 19.3 Å². The van der Waals surface area contributed by atoms with Gasteiger partial charge >= 0.3 is 12.0 Å². The van der Waals surface area contributed by atoms with Crippen molar-refractivity contribution < 1.29 is 14.7 Å². The molecule has 1 aliphatic rings. The number of nitrogens with one attached hydrogen (secondary N) is 1. The first-order chi connectivity index (χ1) is 8.54. The van der Waals surface area contributed by atoms with Gasteiger partial charge < -0.3 is 15.3 Å². The molecular formula is C13H24N2O3. The Hall–Kier alpha value is -1.26. The molecule has 1 rings (SSSR count). The minimum absolute atomic E-state index is 0.00190. The monoisotopic (exact) mass is 256 g/mol. The standard InChI is InChI=1S/C13H24N2O3/c1-3-6-10(9-12(16)17)14-13(18)15(2)11-7-4-5-8-11/h10-11H,3-9H2,1-2H3,(H,14,18)(H,16,17). The van der Waals surface area contributed by atoms with Crippen LogP contribution in [-0.4, -0.2) is 41.1 Å². The Labute approximate surface area is 109 Å². The number of carbonyl (C=O) groups is 2. The minimum atomic E-state index is -0.864. The number of amides is 2. The lowest BCUT2D eigenvalue weighted by molar-refractivity contribution is -0.137. The maximum atomic E-state index is 12.0. The third-order valence-electron chi connectivity index (χ3n) is 3.58. The minimum Gasteiger partial charge on any atom is -0.481 e. The van der Waals surface area contributed by atoms with E-state index in [0.29, 0.717) is 12.5 Å². The molecule has 18 heavy (non-hydrogen) atoms. The van der Waals surface area contributed by atoms with Crippen molar-refractivity contribution in [2.24, 2.45) is 0 Å². The van der Waals surface area contributed by atoms with Crippen LogP contribution in [0, 0.1) is 0 Å².